The van der Waals surface area contributed by atoms with Gasteiger partial charge in [-0.15, -0.1) is 0 Å². The van der Waals surface area contributed by atoms with Crippen LogP contribution in [0.4, 0.5) is 13.2 Å². The lowest BCUT2D eigenvalue weighted by atomic mass is 10.1. The minimum absolute atomic E-state index is 0.113. The van der Waals surface area contributed by atoms with Gasteiger partial charge >= 0.3 is 6.18 Å². The molecule has 0 spiro atoms. The number of hydrogen-bond donors (Lipinski definition) is 2. The average molecular weight is 314 g/mol. The number of hydrogen-bond acceptors (Lipinski definition) is 4. The Hall–Kier alpha value is -2.09. The van der Waals surface area contributed by atoms with Gasteiger partial charge in [-0.2, -0.15) is 18.3 Å². The first-order chi connectivity index (χ1) is 10.3. The number of phenols is 1. The number of alkyl halides is 3. The lowest BCUT2D eigenvalue weighted by Crippen LogP contribution is -2.25. The zero-order valence-electron chi connectivity index (χ0n) is 12.0. The Balaban J connectivity index is 2.22. The van der Waals surface area contributed by atoms with Crippen molar-refractivity contribution in [3.05, 3.63) is 41.5 Å². The molecule has 0 unspecified atom stereocenters. The second kappa shape index (κ2) is 6.35. The second-order valence-electron chi connectivity index (χ2n) is 4.99. The van der Waals surface area contributed by atoms with Crippen LogP contribution in [0.2, 0.25) is 0 Å². The van der Waals surface area contributed by atoms with Gasteiger partial charge in [0.2, 0.25) is 0 Å². The highest BCUT2D eigenvalue weighted by Gasteiger charge is 2.31. The van der Waals surface area contributed by atoms with Crippen molar-refractivity contribution in [2.24, 2.45) is 5.73 Å². The SMILES string of the molecule is CCc1nc([C@@H](N)Cc2ccc(O)cc2)n(CC(F)(F)F)n1. The van der Waals surface area contributed by atoms with Gasteiger partial charge < -0.3 is 10.8 Å². The largest absolute Gasteiger partial charge is 0.508 e. The monoisotopic (exact) mass is 314 g/mol. The third kappa shape index (κ3) is 4.20. The molecule has 0 fully saturated rings. The summed E-state index contributed by atoms with van der Waals surface area (Å²) in [6.45, 7) is 0.557. The van der Waals surface area contributed by atoms with Gasteiger partial charge in [0.05, 0.1) is 6.04 Å². The maximum Gasteiger partial charge on any atom is 0.408 e. The first-order valence-electron chi connectivity index (χ1n) is 6.82. The van der Waals surface area contributed by atoms with Crippen molar-refractivity contribution in [2.45, 2.75) is 38.5 Å². The van der Waals surface area contributed by atoms with Crippen LogP contribution in [0.15, 0.2) is 24.3 Å². The summed E-state index contributed by atoms with van der Waals surface area (Å²) in [5.74, 6) is 0.563. The maximum atomic E-state index is 12.6. The predicted octanol–water partition coefficient (Wildman–Crippen LogP) is 2.35. The van der Waals surface area contributed by atoms with E-state index in [9.17, 15) is 18.3 Å². The minimum Gasteiger partial charge on any atom is -0.508 e. The van der Waals surface area contributed by atoms with Crippen molar-refractivity contribution in [3.63, 3.8) is 0 Å². The molecule has 0 aliphatic carbocycles. The molecule has 0 bridgehead atoms. The lowest BCUT2D eigenvalue weighted by Gasteiger charge is -2.14. The molecule has 1 heterocycles. The van der Waals surface area contributed by atoms with Crippen molar-refractivity contribution in [1.82, 2.24) is 14.8 Å². The highest BCUT2D eigenvalue weighted by Crippen LogP contribution is 2.22. The van der Waals surface area contributed by atoms with Gasteiger partial charge in [0.1, 0.15) is 18.1 Å². The van der Waals surface area contributed by atoms with Gasteiger partial charge in [0.15, 0.2) is 5.82 Å². The summed E-state index contributed by atoms with van der Waals surface area (Å²) >= 11 is 0. The van der Waals surface area contributed by atoms with Crippen LogP contribution in [0, 0.1) is 0 Å². The molecule has 22 heavy (non-hydrogen) atoms. The van der Waals surface area contributed by atoms with Gasteiger partial charge in [-0.1, -0.05) is 19.1 Å². The highest BCUT2D eigenvalue weighted by atomic mass is 19.4. The fourth-order valence-electron chi connectivity index (χ4n) is 2.09. The summed E-state index contributed by atoms with van der Waals surface area (Å²) in [5.41, 5.74) is 6.80. The number of halogens is 3. The van der Waals surface area contributed by atoms with Crippen LogP contribution in [0.5, 0.6) is 5.75 Å². The molecule has 0 saturated heterocycles. The Morgan fingerprint density at radius 2 is 1.91 bits per heavy atom. The predicted molar refractivity (Wildman–Crippen MR) is 74.2 cm³/mol. The molecule has 2 rings (SSSR count). The Morgan fingerprint density at radius 3 is 2.45 bits per heavy atom. The number of aromatic nitrogens is 3. The first-order valence-corrected chi connectivity index (χ1v) is 6.82. The van der Waals surface area contributed by atoms with Crippen LogP contribution in [-0.2, 0) is 19.4 Å². The first kappa shape index (κ1) is 16.3. The second-order valence-corrected chi connectivity index (χ2v) is 4.99. The normalized spacial score (nSPS) is 13.3. The number of nitrogens with zero attached hydrogens (tertiary/aromatic N) is 3. The van der Waals surface area contributed by atoms with Crippen LogP contribution in [0.1, 0.15) is 30.2 Å². The number of nitrogens with two attached hydrogens (primary N) is 1. The van der Waals surface area contributed by atoms with Crippen LogP contribution < -0.4 is 5.73 Å². The van der Waals surface area contributed by atoms with E-state index in [1.807, 2.05) is 0 Å². The molecule has 8 heteroatoms. The summed E-state index contributed by atoms with van der Waals surface area (Å²) in [6, 6.07) is 5.63. The zero-order chi connectivity index (χ0) is 16.3. The fraction of sp³-hybridized carbons (Fsp3) is 0.429. The molecule has 1 aromatic heterocycles. The van der Waals surface area contributed by atoms with E-state index in [-0.39, 0.29) is 11.6 Å². The van der Waals surface area contributed by atoms with Crippen molar-refractivity contribution in [3.8, 4) is 5.75 Å². The molecule has 1 atom stereocenters. The third-order valence-electron chi connectivity index (χ3n) is 3.11. The molecule has 1 aromatic carbocycles. The highest BCUT2D eigenvalue weighted by molar-refractivity contribution is 5.26. The Morgan fingerprint density at radius 1 is 1.27 bits per heavy atom. The fourth-order valence-corrected chi connectivity index (χ4v) is 2.09. The molecule has 3 N–H and O–H groups in total. The van der Waals surface area contributed by atoms with E-state index in [2.05, 4.69) is 10.1 Å². The van der Waals surface area contributed by atoms with E-state index in [0.717, 1.165) is 10.2 Å². The van der Waals surface area contributed by atoms with Gasteiger partial charge in [0.25, 0.3) is 0 Å². The smallest absolute Gasteiger partial charge is 0.408 e. The molecular formula is C14H17F3N4O. The Labute approximate surface area is 125 Å². The number of benzene rings is 1. The van der Waals surface area contributed by atoms with E-state index in [4.69, 9.17) is 5.73 Å². The van der Waals surface area contributed by atoms with E-state index in [1.54, 1.807) is 19.1 Å². The Bertz CT molecular complexity index is 622. The number of aromatic hydroxyl groups is 1. The third-order valence-corrected chi connectivity index (χ3v) is 3.11. The topological polar surface area (TPSA) is 77.0 Å². The molecule has 0 saturated carbocycles. The van der Waals surface area contributed by atoms with E-state index < -0.39 is 18.8 Å². The van der Waals surface area contributed by atoms with Crippen molar-refractivity contribution in [2.75, 3.05) is 0 Å². The van der Waals surface area contributed by atoms with Crippen LogP contribution in [0.25, 0.3) is 0 Å². The summed E-state index contributed by atoms with van der Waals surface area (Å²) in [7, 11) is 0. The molecule has 5 nitrogen and oxygen atoms in total. The van der Waals surface area contributed by atoms with Gasteiger partial charge in [0, 0.05) is 6.42 Å². The summed E-state index contributed by atoms with van der Waals surface area (Å²) in [4.78, 5) is 4.10. The van der Waals surface area contributed by atoms with Crippen molar-refractivity contribution in [1.29, 1.82) is 0 Å². The van der Waals surface area contributed by atoms with E-state index in [1.165, 1.54) is 12.1 Å². The Kier molecular flexibility index (Phi) is 4.70. The van der Waals surface area contributed by atoms with Crippen LogP contribution >= 0.6 is 0 Å². The van der Waals surface area contributed by atoms with Gasteiger partial charge in [-0.05, 0) is 24.1 Å². The molecule has 120 valence electrons. The summed E-state index contributed by atoms with van der Waals surface area (Å²) in [6.07, 6.45) is -3.64. The number of rotatable bonds is 5. The minimum atomic E-state index is -4.38. The summed E-state index contributed by atoms with van der Waals surface area (Å²) < 4.78 is 38.7. The van der Waals surface area contributed by atoms with E-state index >= 15 is 0 Å². The molecule has 0 aliphatic rings. The van der Waals surface area contributed by atoms with Gasteiger partial charge in [-0.25, -0.2) is 9.67 Å². The zero-order valence-corrected chi connectivity index (χ0v) is 12.0. The average Bonchev–Trinajstić information content (AvgIpc) is 2.82. The molecule has 2 aromatic rings. The number of phenolic OH excluding ortho intramolecular Hbond substituents is 1. The molecule has 0 radical (unpaired) electrons. The maximum absolute atomic E-state index is 12.6. The van der Waals surface area contributed by atoms with E-state index in [0.29, 0.717) is 18.7 Å². The van der Waals surface area contributed by atoms with Crippen molar-refractivity contribution < 1.29 is 18.3 Å². The molecule has 0 amide bonds. The van der Waals surface area contributed by atoms with Crippen LogP contribution in [0.3, 0.4) is 0 Å². The standard InChI is InChI=1S/C14H17F3N4O/c1-2-12-19-13(21(20-12)8-14(15,16)17)11(18)7-9-3-5-10(22)6-4-9/h3-6,11,22H,2,7-8,18H2,1H3/t11-/m0/s1. The quantitative estimate of drug-likeness (QED) is 0.888. The van der Waals surface area contributed by atoms with Crippen LogP contribution in [-0.4, -0.2) is 26.0 Å². The van der Waals surface area contributed by atoms with Crippen molar-refractivity contribution >= 4 is 0 Å². The molecular weight excluding hydrogens is 297 g/mol. The molecule has 0 aliphatic heterocycles. The lowest BCUT2D eigenvalue weighted by molar-refractivity contribution is -0.143. The van der Waals surface area contributed by atoms with Gasteiger partial charge in [-0.3, -0.25) is 0 Å². The number of aryl methyl sites for hydroxylation is 1. The summed E-state index contributed by atoms with van der Waals surface area (Å²) in [5, 5.41) is 13.1.